The van der Waals surface area contributed by atoms with Crippen LogP contribution in [0.1, 0.15) is 18.6 Å². The molecule has 3 heterocycles. The molecule has 18 heavy (non-hydrogen) atoms. The Hall–Kier alpha value is -1.95. The third-order valence-corrected chi connectivity index (χ3v) is 3.48. The van der Waals surface area contributed by atoms with E-state index in [9.17, 15) is 0 Å². The Kier molecular flexibility index (Phi) is 2.93. The zero-order valence-corrected chi connectivity index (χ0v) is 10.7. The van der Waals surface area contributed by atoms with Crippen molar-refractivity contribution >= 4 is 11.3 Å². The molecule has 0 unspecified atom stereocenters. The highest BCUT2D eigenvalue weighted by molar-refractivity contribution is 7.13. The van der Waals surface area contributed by atoms with Gasteiger partial charge in [0.05, 0.1) is 4.88 Å². The van der Waals surface area contributed by atoms with Gasteiger partial charge in [0.2, 0.25) is 5.89 Å². The molecule has 0 aliphatic rings. The zero-order valence-electron chi connectivity index (χ0n) is 9.91. The summed E-state index contributed by atoms with van der Waals surface area (Å²) in [5, 5.41) is 10.1. The molecular formula is C12H12N4OS. The maximum atomic E-state index is 5.64. The lowest BCUT2D eigenvalue weighted by Gasteiger charge is -2.01. The summed E-state index contributed by atoms with van der Waals surface area (Å²) in [5.41, 5.74) is 0. The molecule has 0 N–H and O–H groups in total. The van der Waals surface area contributed by atoms with Gasteiger partial charge in [-0.05, 0) is 11.4 Å². The normalized spacial score (nSPS) is 10.9. The number of thiophene rings is 1. The van der Waals surface area contributed by atoms with Crippen LogP contribution in [0.2, 0.25) is 0 Å². The molecule has 0 radical (unpaired) electrons. The van der Waals surface area contributed by atoms with Gasteiger partial charge < -0.3 is 8.98 Å². The van der Waals surface area contributed by atoms with Gasteiger partial charge in [-0.15, -0.1) is 21.5 Å². The van der Waals surface area contributed by atoms with E-state index in [0.29, 0.717) is 18.3 Å². The fourth-order valence-corrected chi connectivity index (χ4v) is 2.41. The summed E-state index contributed by atoms with van der Waals surface area (Å²) in [4.78, 5) is 5.26. The number of hydrogen-bond donors (Lipinski definition) is 0. The van der Waals surface area contributed by atoms with Crippen LogP contribution in [0.3, 0.4) is 0 Å². The van der Waals surface area contributed by atoms with Gasteiger partial charge >= 0.3 is 0 Å². The number of aryl methyl sites for hydroxylation is 1. The molecule has 0 bridgehead atoms. The highest BCUT2D eigenvalue weighted by Crippen LogP contribution is 2.23. The van der Waals surface area contributed by atoms with Crippen molar-refractivity contribution in [2.24, 2.45) is 0 Å². The summed E-state index contributed by atoms with van der Waals surface area (Å²) in [5.74, 6) is 2.20. The van der Waals surface area contributed by atoms with Crippen LogP contribution in [0.4, 0.5) is 0 Å². The average Bonchev–Trinajstić information content (AvgIpc) is 3.10. The van der Waals surface area contributed by atoms with Crippen LogP contribution in [0.25, 0.3) is 10.8 Å². The number of aromatic nitrogens is 4. The van der Waals surface area contributed by atoms with Crippen LogP contribution in [0.15, 0.2) is 34.3 Å². The van der Waals surface area contributed by atoms with Crippen molar-refractivity contribution in [3.63, 3.8) is 0 Å². The van der Waals surface area contributed by atoms with Crippen LogP contribution in [0, 0.1) is 0 Å². The Labute approximate surface area is 108 Å². The van der Waals surface area contributed by atoms with Gasteiger partial charge in [-0.1, -0.05) is 13.0 Å². The van der Waals surface area contributed by atoms with Crippen molar-refractivity contribution in [3.05, 3.63) is 41.6 Å². The van der Waals surface area contributed by atoms with E-state index < -0.39 is 0 Å². The monoisotopic (exact) mass is 260 g/mol. The van der Waals surface area contributed by atoms with E-state index in [1.807, 2.05) is 28.3 Å². The smallest absolute Gasteiger partial charge is 0.257 e. The number of hydrogen-bond acceptors (Lipinski definition) is 5. The molecule has 0 fully saturated rings. The van der Waals surface area contributed by atoms with Crippen LogP contribution in [-0.4, -0.2) is 19.7 Å². The minimum absolute atomic E-state index is 0.571. The van der Waals surface area contributed by atoms with E-state index in [1.165, 1.54) is 0 Å². The number of imidazole rings is 1. The van der Waals surface area contributed by atoms with Crippen molar-refractivity contribution < 1.29 is 4.42 Å². The second kappa shape index (κ2) is 4.73. The van der Waals surface area contributed by atoms with Crippen LogP contribution in [-0.2, 0) is 13.0 Å². The maximum Gasteiger partial charge on any atom is 0.257 e. The molecule has 3 rings (SSSR count). The number of nitrogens with zero attached hydrogens (tertiary/aromatic N) is 4. The van der Waals surface area contributed by atoms with Gasteiger partial charge in [-0.3, -0.25) is 0 Å². The summed E-state index contributed by atoms with van der Waals surface area (Å²) in [6.45, 7) is 2.64. The molecule has 0 spiro atoms. The molecule has 0 saturated carbocycles. The van der Waals surface area contributed by atoms with Crippen molar-refractivity contribution in [1.29, 1.82) is 0 Å². The molecular weight excluding hydrogens is 248 g/mol. The lowest BCUT2D eigenvalue weighted by molar-refractivity contribution is 0.484. The minimum Gasteiger partial charge on any atom is -0.418 e. The molecule has 0 aliphatic carbocycles. The van der Waals surface area contributed by atoms with Gasteiger partial charge in [-0.25, -0.2) is 4.98 Å². The van der Waals surface area contributed by atoms with E-state index >= 15 is 0 Å². The topological polar surface area (TPSA) is 56.7 Å². The van der Waals surface area contributed by atoms with Gasteiger partial charge in [0, 0.05) is 18.8 Å². The van der Waals surface area contributed by atoms with Crippen molar-refractivity contribution in [1.82, 2.24) is 19.7 Å². The van der Waals surface area contributed by atoms with Crippen LogP contribution >= 0.6 is 11.3 Å². The first-order chi connectivity index (χ1) is 8.86. The summed E-state index contributed by atoms with van der Waals surface area (Å²) in [7, 11) is 0. The molecule has 5 nitrogen and oxygen atoms in total. The molecule has 6 heteroatoms. The standard InChI is InChI=1S/C12H12N4OS/c1-2-10-13-5-6-16(10)8-11-14-15-12(17-11)9-4-3-7-18-9/h3-7H,2,8H2,1H3. The van der Waals surface area contributed by atoms with E-state index in [4.69, 9.17) is 4.42 Å². The summed E-state index contributed by atoms with van der Waals surface area (Å²) < 4.78 is 7.66. The number of rotatable bonds is 4. The average molecular weight is 260 g/mol. The molecule has 3 aromatic rings. The SMILES string of the molecule is CCc1nccn1Cc1nnc(-c2cccs2)o1. The molecule has 0 aromatic carbocycles. The fraction of sp³-hybridized carbons (Fsp3) is 0.250. The van der Waals surface area contributed by atoms with E-state index in [-0.39, 0.29) is 0 Å². The largest absolute Gasteiger partial charge is 0.418 e. The second-order valence-corrected chi connectivity index (χ2v) is 4.75. The minimum atomic E-state index is 0.571. The van der Waals surface area contributed by atoms with E-state index in [2.05, 4.69) is 22.1 Å². The van der Waals surface area contributed by atoms with E-state index in [1.54, 1.807) is 17.5 Å². The lowest BCUT2D eigenvalue weighted by Crippen LogP contribution is -2.03. The first-order valence-electron chi connectivity index (χ1n) is 5.73. The predicted molar refractivity (Wildman–Crippen MR) is 68.3 cm³/mol. The fourth-order valence-electron chi connectivity index (χ4n) is 1.76. The highest BCUT2D eigenvalue weighted by atomic mass is 32.1. The predicted octanol–water partition coefficient (Wildman–Crippen LogP) is 2.61. The Bertz CT molecular complexity index is 626. The molecule has 0 amide bonds. The quantitative estimate of drug-likeness (QED) is 0.723. The molecule has 92 valence electrons. The van der Waals surface area contributed by atoms with E-state index in [0.717, 1.165) is 17.1 Å². The highest BCUT2D eigenvalue weighted by Gasteiger charge is 2.10. The van der Waals surface area contributed by atoms with Gasteiger partial charge in [0.15, 0.2) is 0 Å². The summed E-state index contributed by atoms with van der Waals surface area (Å²) in [6, 6.07) is 3.94. The lowest BCUT2D eigenvalue weighted by atomic mass is 10.4. The molecule has 0 aliphatic heterocycles. The van der Waals surface area contributed by atoms with Crippen molar-refractivity contribution in [2.45, 2.75) is 19.9 Å². The third kappa shape index (κ3) is 2.06. The van der Waals surface area contributed by atoms with Crippen LogP contribution < -0.4 is 0 Å². The Morgan fingerprint density at radius 2 is 2.33 bits per heavy atom. The van der Waals surface area contributed by atoms with Crippen molar-refractivity contribution in [2.75, 3.05) is 0 Å². The third-order valence-electron chi connectivity index (χ3n) is 2.62. The van der Waals surface area contributed by atoms with Gasteiger partial charge in [0.25, 0.3) is 5.89 Å². The summed E-state index contributed by atoms with van der Waals surface area (Å²) >= 11 is 1.59. The zero-order chi connectivity index (χ0) is 12.4. The molecule has 0 saturated heterocycles. The van der Waals surface area contributed by atoms with Gasteiger partial charge in [0.1, 0.15) is 12.4 Å². The molecule has 0 atom stereocenters. The Balaban J connectivity index is 1.82. The van der Waals surface area contributed by atoms with Gasteiger partial charge in [-0.2, -0.15) is 0 Å². The van der Waals surface area contributed by atoms with Crippen LogP contribution in [0.5, 0.6) is 0 Å². The first kappa shape index (κ1) is 11.2. The maximum absolute atomic E-state index is 5.64. The second-order valence-electron chi connectivity index (χ2n) is 3.80. The summed E-state index contributed by atoms with van der Waals surface area (Å²) in [6.07, 6.45) is 4.60. The Morgan fingerprint density at radius 1 is 1.39 bits per heavy atom. The Morgan fingerprint density at radius 3 is 3.11 bits per heavy atom. The first-order valence-corrected chi connectivity index (χ1v) is 6.61. The molecule has 3 aromatic heterocycles. The van der Waals surface area contributed by atoms with Crippen molar-refractivity contribution in [3.8, 4) is 10.8 Å².